The predicted octanol–water partition coefficient (Wildman–Crippen LogP) is 15.1. The molecule has 0 amide bonds. The molecule has 0 aromatic heterocycles. The highest BCUT2D eigenvalue weighted by Crippen LogP contribution is 2.28. The Morgan fingerprint density at radius 2 is 0.880 bits per heavy atom. The maximum atomic E-state index is 12.8. The average molecular weight is 679 g/mol. The Hall–Kier alpha value is -3.52. The summed E-state index contributed by atoms with van der Waals surface area (Å²) in [5, 5.41) is 0. The van der Waals surface area contributed by atoms with Gasteiger partial charge in [0.15, 0.2) is 11.6 Å². The standard InChI is InChI=1S/C27H34O2.C21H36/c1-6-19(2)11-9-12-20(3)13-10-14-21(4)17-18-23-22(5)26(28)24-15-7-8-16-25(24)27(23)29;1-7-11-19(4)14-9-15-21(6)17-10-16-20(5)13-8-12-18(2)3/h7-8,11,13,15-17H,6,9-10,12,14,18H2,1-5H3;11-12,15-16H,7-10,13-14,17H2,1-6H3/b19-11+,20-13+,21-17+;19-11+,20-16+,21-15+. The van der Waals surface area contributed by atoms with Crippen LogP contribution in [0.4, 0.5) is 0 Å². The summed E-state index contributed by atoms with van der Waals surface area (Å²) >= 11 is 0. The third-order valence-corrected chi connectivity index (χ3v) is 9.47. The van der Waals surface area contributed by atoms with Gasteiger partial charge in [-0.15, -0.1) is 0 Å². The summed E-state index contributed by atoms with van der Waals surface area (Å²) in [6.45, 7) is 23.8. The molecule has 2 heteroatoms. The Kier molecular flexibility index (Phi) is 22.6. The van der Waals surface area contributed by atoms with E-state index in [1.165, 1.54) is 77.5 Å². The molecule has 0 saturated carbocycles. The van der Waals surface area contributed by atoms with Gasteiger partial charge in [-0.3, -0.25) is 9.59 Å². The fourth-order valence-corrected chi connectivity index (χ4v) is 5.85. The largest absolute Gasteiger partial charge is 0.289 e. The molecule has 0 aliphatic heterocycles. The van der Waals surface area contributed by atoms with E-state index >= 15 is 0 Å². The number of allylic oxidation sites excluding steroid dienone is 16. The van der Waals surface area contributed by atoms with Crippen molar-refractivity contribution in [1.82, 2.24) is 0 Å². The normalized spacial score (nSPS) is 14.9. The second-order valence-corrected chi connectivity index (χ2v) is 14.6. The number of rotatable bonds is 19. The van der Waals surface area contributed by atoms with E-state index in [0.29, 0.717) is 28.7 Å². The molecule has 0 heterocycles. The lowest BCUT2D eigenvalue weighted by Gasteiger charge is -2.18. The lowest BCUT2D eigenvalue weighted by atomic mass is 9.83. The third-order valence-electron chi connectivity index (χ3n) is 9.47. The molecule has 0 fully saturated rings. The van der Waals surface area contributed by atoms with Crippen LogP contribution in [-0.4, -0.2) is 11.6 Å². The van der Waals surface area contributed by atoms with Crippen LogP contribution in [0.2, 0.25) is 0 Å². The molecule has 0 N–H and O–H groups in total. The molecule has 274 valence electrons. The van der Waals surface area contributed by atoms with Gasteiger partial charge in [0, 0.05) is 22.3 Å². The number of Topliss-reactive ketones (excluding diaryl/α,β-unsaturated/α-hetero) is 2. The Morgan fingerprint density at radius 3 is 1.30 bits per heavy atom. The molecule has 1 aromatic carbocycles. The van der Waals surface area contributed by atoms with Gasteiger partial charge in [0.05, 0.1) is 0 Å². The molecule has 1 aliphatic rings. The van der Waals surface area contributed by atoms with Gasteiger partial charge in [-0.25, -0.2) is 0 Å². The summed E-state index contributed by atoms with van der Waals surface area (Å²) < 4.78 is 0. The van der Waals surface area contributed by atoms with Crippen LogP contribution in [0.15, 0.2) is 117 Å². The molecule has 0 bridgehead atoms. The number of carbonyl (C=O) groups is 2. The molecular weight excluding hydrogens is 609 g/mol. The Labute approximate surface area is 308 Å². The molecule has 2 rings (SSSR count). The molecule has 0 radical (unpaired) electrons. The maximum Gasteiger partial charge on any atom is 0.190 e. The fourth-order valence-electron chi connectivity index (χ4n) is 5.85. The quantitative estimate of drug-likeness (QED) is 0.136. The minimum Gasteiger partial charge on any atom is -0.289 e. The van der Waals surface area contributed by atoms with Crippen molar-refractivity contribution in [2.45, 2.75) is 160 Å². The summed E-state index contributed by atoms with van der Waals surface area (Å²) in [5.41, 5.74) is 12.5. The topological polar surface area (TPSA) is 34.1 Å². The van der Waals surface area contributed by atoms with E-state index in [4.69, 9.17) is 0 Å². The Morgan fingerprint density at radius 1 is 0.500 bits per heavy atom. The van der Waals surface area contributed by atoms with Crippen LogP contribution >= 0.6 is 0 Å². The number of carbonyl (C=O) groups excluding carboxylic acids is 2. The molecule has 0 saturated heterocycles. The van der Waals surface area contributed by atoms with Crippen LogP contribution in [0, 0.1) is 0 Å². The Bertz CT molecular complexity index is 1490. The van der Waals surface area contributed by atoms with E-state index < -0.39 is 0 Å². The van der Waals surface area contributed by atoms with Crippen molar-refractivity contribution < 1.29 is 9.59 Å². The smallest absolute Gasteiger partial charge is 0.190 e. The van der Waals surface area contributed by atoms with E-state index in [9.17, 15) is 9.59 Å². The second kappa shape index (κ2) is 25.4. The maximum absolute atomic E-state index is 12.8. The zero-order valence-corrected chi connectivity index (χ0v) is 33.9. The minimum absolute atomic E-state index is 0.00656. The lowest BCUT2D eigenvalue weighted by Crippen LogP contribution is -2.20. The first kappa shape index (κ1) is 44.5. The molecule has 2 nitrogen and oxygen atoms in total. The first-order valence-electron chi connectivity index (χ1n) is 19.3. The van der Waals surface area contributed by atoms with Crippen molar-refractivity contribution in [3.8, 4) is 0 Å². The third kappa shape index (κ3) is 18.5. The number of benzene rings is 1. The summed E-state index contributed by atoms with van der Waals surface area (Å²) in [5.74, 6) is -0.0277. The van der Waals surface area contributed by atoms with Crippen molar-refractivity contribution in [3.63, 3.8) is 0 Å². The van der Waals surface area contributed by atoms with Crippen molar-refractivity contribution in [2.24, 2.45) is 0 Å². The number of ketones is 2. The molecular formula is C48H70O2. The summed E-state index contributed by atoms with van der Waals surface area (Å²) in [4.78, 5) is 25.4. The molecule has 1 aliphatic carbocycles. The highest BCUT2D eigenvalue weighted by atomic mass is 16.1. The van der Waals surface area contributed by atoms with Gasteiger partial charge in [-0.1, -0.05) is 120 Å². The first-order chi connectivity index (χ1) is 23.8. The van der Waals surface area contributed by atoms with Gasteiger partial charge < -0.3 is 0 Å². The van der Waals surface area contributed by atoms with Gasteiger partial charge >= 0.3 is 0 Å². The van der Waals surface area contributed by atoms with Crippen LogP contribution in [0.25, 0.3) is 0 Å². The fraction of sp³-hybridized carbons (Fsp3) is 0.500. The van der Waals surface area contributed by atoms with E-state index in [1.54, 1.807) is 19.1 Å². The van der Waals surface area contributed by atoms with Gasteiger partial charge in [-0.05, 0) is 146 Å². The van der Waals surface area contributed by atoms with E-state index in [0.717, 1.165) is 38.5 Å². The van der Waals surface area contributed by atoms with Crippen molar-refractivity contribution in [3.05, 3.63) is 128 Å². The second-order valence-electron chi connectivity index (χ2n) is 14.6. The zero-order chi connectivity index (χ0) is 37.5. The van der Waals surface area contributed by atoms with Gasteiger partial charge in [-0.2, -0.15) is 0 Å². The predicted molar refractivity (Wildman–Crippen MR) is 221 cm³/mol. The van der Waals surface area contributed by atoms with Crippen LogP contribution in [0.3, 0.4) is 0 Å². The number of hydrogen-bond acceptors (Lipinski definition) is 2. The SMILES string of the molecule is CC/C(C)=C/CC/C(C)=C/CC/C(C)=C/CC1=C(C)C(=O)c2ccccc2C1=O.CC/C=C(\C)CC/C=C(\C)CC/C=C(\C)CCC=C(C)C. The summed E-state index contributed by atoms with van der Waals surface area (Å²) in [6.07, 6.45) is 30.5. The molecule has 0 spiro atoms. The average Bonchev–Trinajstić information content (AvgIpc) is 3.07. The van der Waals surface area contributed by atoms with E-state index in [-0.39, 0.29) is 11.6 Å². The van der Waals surface area contributed by atoms with Crippen LogP contribution in [0.1, 0.15) is 180 Å². The van der Waals surface area contributed by atoms with E-state index in [1.807, 2.05) is 12.1 Å². The van der Waals surface area contributed by atoms with Gasteiger partial charge in [0.1, 0.15) is 0 Å². The van der Waals surface area contributed by atoms with Crippen LogP contribution in [0.5, 0.6) is 0 Å². The zero-order valence-electron chi connectivity index (χ0n) is 33.9. The van der Waals surface area contributed by atoms with Crippen molar-refractivity contribution in [1.29, 1.82) is 0 Å². The monoisotopic (exact) mass is 679 g/mol. The van der Waals surface area contributed by atoms with Gasteiger partial charge in [0.25, 0.3) is 0 Å². The van der Waals surface area contributed by atoms with E-state index in [2.05, 4.69) is 112 Å². The Balaban J connectivity index is 0.000000530. The first-order valence-corrected chi connectivity index (χ1v) is 19.3. The van der Waals surface area contributed by atoms with Crippen LogP contribution < -0.4 is 0 Å². The molecule has 0 atom stereocenters. The summed E-state index contributed by atoms with van der Waals surface area (Å²) in [6, 6.07) is 7.12. The molecule has 50 heavy (non-hydrogen) atoms. The number of hydrogen-bond donors (Lipinski definition) is 0. The summed E-state index contributed by atoms with van der Waals surface area (Å²) in [7, 11) is 0. The number of fused-ring (bicyclic) bond motifs is 1. The highest BCUT2D eigenvalue weighted by molar-refractivity contribution is 6.26. The minimum atomic E-state index is -0.0211. The van der Waals surface area contributed by atoms with Crippen molar-refractivity contribution in [2.75, 3.05) is 0 Å². The molecule has 1 aromatic rings. The van der Waals surface area contributed by atoms with Crippen LogP contribution in [-0.2, 0) is 0 Å². The lowest BCUT2D eigenvalue weighted by molar-refractivity contribution is 0.0973. The molecule has 0 unspecified atom stereocenters. The highest BCUT2D eigenvalue weighted by Gasteiger charge is 2.28. The van der Waals surface area contributed by atoms with Gasteiger partial charge in [0.2, 0.25) is 0 Å². The van der Waals surface area contributed by atoms with Crippen molar-refractivity contribution >= 4 is 11.6 Å².